The third-order valence-electron chi connectivity index (χ3n) is 7.31. The summed E-state index contributed by atoms with van der Waals surface area (Å²) in [6.07, 6.45) is 4.17. The number of aryl methyl sites for hydroxylation is 1. The smallest absolute Gasteiger partial charge is 0.341 e. The maximum atomic E-state index is 13.8. The minimum absolute atomic E-state index is 0.157. The number of sulfonamides is 1. The maximum absolute atomic E-state index is 13.8. The van der Waals surface area contributed by atoms with Crippen LogP contribution in [0.1, 0.15) is 42.4 Å². The molecule has 0 radical (unpaired) electrons. The van der Waals surface area contributed by atoms with Crippen LogP contribution in [-0.4, -0.2) is 37.0 Å². The number of hydrogen-bond donors (Lipinski definition) is 1. The molecule has 3 aromatic carbocycles. The number of hydrogen-bond acceptors (Lipinski definition) is 4. The van der Waals surface area contributed by atoms with E-state index in [1.54, 1.807) is 23.4 Å². The molecule has 0 aromatic heterocycles. The minimum Gasteiger partial charge on any atom is -0.482 e. The van der Waals surface area contributed by atoms with Crippen molar-refractivity contribution in [2.75, 3.05) is 13.2 Å². The lowest BCUT2D eigenvalue weighted by molar-refractivity contribution is -0.139. The molecule has 1 aliphatic carbocycles. The van der Waals surface area contributed by atoms with Crippen LogP contribution in [0.4, 0.5) is 0 Å². The van der Waals surface area contributed by atoms with Crippen molar-refractivity contribution < 1.29 is 23.1 Å². The molecule has 0 unspecified atom stereocenters. The van der Waals surface area contributed by atoms with Crippen molar-refractivity contribution in [3.8, 4) is 16.9 Å². The fourth-order valence-electron chi connectivity index (χ4n) is 5.60. The van der Waals surface area contributed by atoms with E-state index in [1.165, 1.54) is 11.6 Å². The second-order valence-corrected chi connectivity index (χ2v) is 11.5. The van der Waals surface area contributed by atoms with E-state index in [4.69, 9.17) is 9.84 Å². The van der Waals surface area contributed by atoms with Gasteiger partial charge < -0.3 is 9.84 Å². The fraction of sp³-hybridized carbons (Fsp3) is 0.321. The van der Waals surface area contributed by atoms with Crippen LogP contribution >= 0.6 is 0 Å². The highest BCUT2D eigenvalue weighted by molar-refractivity contribution is 7.89. The summed E-state index contributed by atoms with van der Waals surface area (Å²) in [5.74, 6) is -0.708. The summed E-state index contributed by atoms with van der Waals surface area (Å²) < 4.78 is 34.5. The molecule has 0 saturated heterocycles. The molecule has 3 aromatic rings. The third-order valence-corrected chi connectivity index (χ3v) is 9.09. The van der Waals surface area contributed by atoms with Crippen LogP contribution in [0, 0.1) is 6.92 Å². The number of rotatable bonds is 6. The molecule has 1 heterocycles. The van der Waals surface area contributed by atoms with Gasteiger partial charge in [0.05, 0.1) is 4.90 Å². The van der Waals surface area contributed by atoms with Crippen molar-refractivity contribution in [3.05, 3.63) is 83.4 Å². The number of nitrogens with zero attached hydrogens (tertiary/aromatic N) is 1. The van der Waals surface area contributed by atoms with Crippen LogP contribution in [-0.2, 0) is 26.8 Å². The Labute approximate surface area is 206 Å². The van der Waals surface area contributed by atoms with Gasteiger partial charge in [0, 0.05) is 18.5 Å². The van der Waals surface area contributed by atoms with E-state index in [1.807, 2.05) is 18.2 Å². The number of aliphatic carboxylic acids is 1. The van der Waals surface area contributed by atoms with Gasteiger partial charge in [0.1, 0.15) is 5.75 Å². The van der Waals surface area contributed by atoms with E-state index in [0.29, 0.717) is 24.4 Å². The predicted octanol–water partition coefficient (Wildman–Crippen LogP) is 5.14. The fourth-order valence-corrected chi connectivity index (χ4v) is 7.19. The topological polar surface area (TPSA) is 83.9 Å². The van der Waals surface area contributed by atoms with Gasteiger partial charge in [-0.15, -0.1) is 0 Å². The van der Waals surface area contributed by atoms with Gasteiger partial charge in [0.2, 0.25) is 10.0 Å². The van der Waals surface area contributed by atoms with Gasteiger partial charge in [0.15, 0.2) is 6.61 Å². The third kappa shape index (κ3) is 4.46. The van der Waals surface area contributed by atoms with Crippen LogP contribution in [0.15, 0.2) is 71.6 Å². The molecular formula is C28H29NO5S. The van der Waals surface area contributed by atoms with Crippen LogP contribution < -0.4 is 4.74 Å². The summed E-state index contributed by atoms with van der Waals surface area (Å²) in [5.41, 5.74) is 4.99. The summed E-state index contributed by atoms with van der Waals surface area (Å²) in [6, 6.07) is 21.3. The Hall–Kier alpha value is -3.16. The molecule has 1 aliphatic heterocycles. The Morgan fingerprint density at radius 3 is 2.43 bits per heavy atom. The lowest BCUT2D eigenvalue weighted by Gasteiger charge is -2.41. The normalized spacial score (nSPS) is 17.3. The molecular weight excluding hydrogens is 462 g/mol. The van der Waals surface area contributed by atoms with E-state index < -0.39 is 22.6 Å². The van der Waals surface area contributed by atoms with Gasteiger partial charge in [-0.3, -0.25) is 0 Å². The van der Waals surface area contributed by atoms with E-state index in [9.17, 15) is 13.2 Å². The highest BCUT2D eigenvalue weighted by atomic mass is 32.2. The molecule has 1 saturated carbocycles. The second-order valence-electron chi connectivity index (χ2n) is 9.61. The minimum atomic E-state index is -3.75. The summed E-state index contributed by atoms with van der Waals surface area (Å²) in [5, 5.41) is 8.87. The molecule has 182 valence electrons. The summed E-state index contributed by atoms with van der Waals surface area (Å²) in [4.78, 5) is 11.0. The number of carboxylic acid groups (broad SMARTS) is 1. The molecule has 5 rings (SSSR count). The van der Waals surface area contributed by atoms with Crippen molar-refractivity contribution in [3.63, 3.8) is 0 Å². The number of carboxylic acids is 1. The molecule has 0 atom stereocenters. The molecule has 0 bridgehead atoms. The highest BCUT2D eigenvalue weighted by Gasteiger charge is 2.45. The van der Waals surface area contributed by atoms with E-state index in [2.05, 4.69) is 30.3 Å². The lowest BCUT2D eigenvalue weighted by atomic mass is 9.74. The first-order valence-electron chi connectivity index (χ1n) is 11.9. The number of fused-ring (bicyclic) bond motifs is 2. The van der Waals surface area contributed by atoms with Crippen molar-refractivity contribution in [1.29, 1.82) is 0 Å². The van der Waals surface area contributed by atoms with Gasteiger partial charge in [0.25, 0.3) is 0 Å². The Morgan fingerprint density at radius 2 is 1.74 bits per heavy atom. The maximum Gasteiger partial charge on any atom is 0.341 e. The van der Waals surface area contributed by atoms with Crippen molar-refractivity contribution in [2.24, 2.45) is 0 Å². The van der Waals surface area contributed by atoms with Gasteiger partial charge in [-0.1, -0.05) is 55.3 Å². The number of ether oxygens (including phenoxy) is 1. The Kier molecular flexibility index (Phi) is 6.15. The molecule has 1 fully saturated rings. The molecule has 7 heteroatoms. The molecule has 1 spiro atoms. The molecule has 1 N–H and O–H groups in total. The monoisotopic (exact) mass is 491 g/mol. The predicted molar refractivity (Wildman–Crippen MR) is 134 cm³/mol. The van der Waals surface area contributed by atoms with Gasteiger partial charge in [-0.2, -0.15) is 4.31 Å². The molecule has 6 nitrogen and oxygen atoms in total. The van der Waals surface area contributed by atoms with E-state index >= 15 is 0 Å². The number of carbonyl (C=O) groups is 1. The van der Waals surface area contributed by atoms with Crippen molar-refractivity contribution in [1.82, 2.24) is 4.31 Å². The zero-order valence-corrected chi connectivity index (χ0v) is 20.6. The zero-order chi connectivity index (χ0) is 24.6. The molecule has 2 aliphatic rings. The van der Waals surface area contributed by atoms with Crippen molar-refractivity contribution >= 4 is 16.0 Å². The first-order valence-corrected chi connectivity index (χ1v) is 13.4. The van der Waals surface area contributed by atoms with Gasteiger partial charge in [-0.25, -0.2) is 13.2 Å². The summed E-state index contributed by atoms with van der Waals surface area (Å²) >= 11 is 0. The van der Waals surface area contributed by atoms with Crippen LogP contribution in [0.5, 0.6) is 5.75 Å². The quantitative estimate of drug-likeness (QED) is 0.516. The van der Waals surface area contributed by atoms with Crippen LogP contribution in [0.3, 0.4) is 0 Å². The lowest BCUT2D eigenvalue weighted by Crippen LogP contribution is -2.46. The van der Waals surface area contributed by atoms with Crippen molar-refractivity contribution in [2.45, 2.75) is 49.5 Å². The van der Waals surface area contributed by atoms with Gasteiger partial charge in [-0.05, 0) is 71.8 Å². The second kappa shape index (κ2) is 9.13. The highest BCUT2D eigenvalue weighted by Crippen LogP contribution is 2.47. The standard InChI is InChI=1S/C28H29NO5S/c1-20-15-24(10-12-26(20)34-18-27(30)31)35(32,33)29-17-23-16-22(21-7-3-2-4-8-21)9-11-25(23)28(19-29)13-5-6-14-28/h2-4,7-12,15-16H,5-6,13-14,17-19H2,1H3,(H,30,31). The first-order chi connectivity index (χ1) is 16.8. The van der Waals surface area contributed by atoms with Gasteiger partial charge >= 0.3 is 5.97 Å². The Balaban J connectivity index is 1.51. The Bertz CT molecular complexity index is 1360. The van der Waals surface area contributed by atoms with Crippen LogP contribution in [0.25, 0.3) is 11.1 Å². The first kappa shape index (κ1) is 23.6. The average molecular weight is 492 g/mol. The Morgan fingerprint density at radius 1 is 1.00 bits per heavy atom. The summed E-state index contributed by atoms with van der Waals surface area (Å²) in [7, 11) is -3.75. The zero-order valence-electron chi connectivity index (χ0n) is 19.7. The molecule has 0 amide bonds. The summed E-state index contributed by atoms with van der Waals surface area (Å²) in [6.45, 7) is 2.06. The van der Waals surface area contributed by atoms with Crippen LogP contribution in [0.2, 0.25) is 0 Å². The molecule has 35 heavy (non-hydrogen) atoms. The SMILES string of the molecule is Cc1cc(S(=O)(=O)N2Cc3cc(-c4ccccc4)ccc3C3(CCCC3)C2)ccc1OCC(=O)O. The largest absolute Gasteiger partial charge is 0.482 e. The van der Waals surface area contributed by atoms with E-state index in [0.717, 1.165) is 42.4 Å². The average Bonchev–Trinajstić information content (AvgIpc) is 3.32. The van der Waals surface area contributed by atoms with E-state index in [-0.39, 0.29) is 10.3 Å². The number of benzene rings is 3.